The van der Waals surface area contributed by atoms with E-state index in [0.717, 1.165) is 18.4 Å². The fourth-order valence-corrected chi connectivity index (χ4v) is 2.66. The van der Waals surface area contributed by atoms with Crippen LogP contribution in [0.2, 0.25) is 0 Å². The molecule has 0 fully saturated rings. The summed E-state index contributed by atoms with van der Waals surface area (Å²) in [6.45, 7) is 0. The van der Waals surface area contributed by atoms with Crippen LogP contribution < -0.4 is 9.61 Å². The molecule has 3 rings (SSSR count). The summed E-state index contributed by atoms with van der Waals surface area (Å²) in [7, 11) is -4.93. The first-order valence-electron chi connectivity index (χ1n) is 6.72. The van der Waals surface area contributed by atoms with E-state index in [9.17, 15) is 23.3 Å². The van der Waals surface area contributed by atoms with Crippen LogP contribution in [0.1, 0.15) is 0 Å². The van der Waals surface area contributed by atoms with Gasteiger partial charge >= 0.3 is 16.1 Å². The first kappa shape index (κ1) is 16.6. The molecule has 0 saturated heterocycles. The van der Waals surface area contributed by atoms with Crippen molar-refractivity contribution < 1.29 is 26.5 Å². The van der Waals surface area contributed by atoms with E-state index in [2.05, 4.69) is 4.18 Å². The minimum absolute atomic E-state index is 0.0557. The molecule has 0 unspecified atom stereocenters. The number of rotatable bonds is 4. The second kappa shape index (κ2) is 6.00. The Morgan fingerprint density at radius 3 is 2.56 bits per heavy atom. The molecule has 1 N–H and O–H groups in total. The highest BCUT2D eigenvalue weighted by Gasteiger charge is 2.22. The predicted octanol–water partition coefficient (Wildman–Crippen LogP) is 2.55. The van der Waals surface area contributed by atoms with E-state index in [1.54, 1.807) is 24.3 Å². The number of hydrogen-bond donors (Lipinski definition) is 1. The van der Waals surface area contributed by atoms with Gasteiger partial charge in [-0.2, -0.15) is 8.42 Å². The van der Waals surface area contributed by atoms with Gasteiger partial charge in [0.25, 0.3) is 0 Å². The van der Waals surface area contributed by atoms with Crippen LogP contribution in [0.3, 0.4) is 0 Å². The second-order valence-electron chi connectivity index (χ2n) is 4.93. The monoisotopic (exact) mass is 363 g/mol. The lowest BCUT2D eigenvalue weighted by molar-refractivity contribution is -0.385. The van der Waals surface area contributed by atoms with Crippen LogP contribution in [-0.4, -0.2) is 17.9 Å². The lowest BCUT2D eigenvalue weighted by atomic mass is 10.0. The van der Waals surface area contributed by atoms with Gasteiger partial charge in [-0.05, 0) is 29.8 Å². The highest BCUT2D eigenvalue weighted by Crippen LogP contribution is 2.32. The normalized spacial score (nSPS) is 11.4. The molecule has 0 amide bonds. The van der Waals surface area contributed by atoms with E-state index in [1.807, 2.05) is 0 Å². The first-order valence-corrected chi connectivity index (χ1v) is 8.09. The van der Waals surface area contributed by atoms with Gasteiger partial charge in [-0.3, -0.25) is 19.5 Å². The van der Waals surface area contributed by atoms with Crippen molar-refractivity contribution in [1.29, 1.82) is 0 Å². The van der Waals surface area contributed by atoms with Crippen molar-refractivity contribution in [3.8, 4) is 16.9 Å². The van der Waals surface area contributed by atoms with Crippen molar-refractivity contribution in [1.82, 2.24) is 0 Å². The minimum atomic E-state index is -4.93. The minimum Gasteiger partial charge on any atom is -0.463 e. The summed E-state index contributed by atoms with van der Waals surface area (Å²) in [4.78, 5) is 22.8. The van der Waals surface area contributed by atoms with E-state index in [4.69, 9.17) is 8.97 Å². The van der Waals surface area contributed by atoms with Crippen molar-refractivity contribution in [2.45, 2.75) is 0 Å². The van der Waals surface area contributed by atoms with Crippen molar-refractivity contribution in [3.05, 3.63) is 69.1 Å². The summed E-state index contributed by atoms with van der Waals surface area (Å²) in [6, 6.07) is 9.67. The molecule has 25 heavy (non-hydrogen) atoms. The van der Waals surface area contributed by atoms with E-state index in [1.165, 1.54) is 6.07 Å². The summed E-state index contributed by atoms with van der Waals surface area (Å²) < 4.78 is 39.8. The molecule has 10 heteroatoms. The Morgan fingerprint density at radius 1 is 1.16 bits per heavy atom. The second-order valence-corrected chi connectivity index (χ2v) is 5.95. The third-order valence-corrected chi connectivity index (χ3v) is 3.73. The molecule has 0 bridgehead atoms. The Labute approximate surface area is 140 Å². The van der Waals surface area contributed by atoms with Crippen LogP contribution in [0.5, 0.6) is 5.75 Å². The fraction of sp³-hybridized carbons (Fsp3) is 0. The maximum Gasteiger partial charge on any atom is 0.446 e. The van der Waals surface area contributed by atoms with E-state index < -0.39 is 32.2 Å². The number of fused-ring (bicyclic) bond motifs is 1. The molecule has 0 aliphatic heterocycles. The van der Waals surface area contributed by atoms with Crippen molar-refractivity contribution in [2.24, 2.45) is 0 Å². The van der Waals surface area contributed by atoms with Crippen molar-refractivity contribution in [2.75, 3.05) is 0 Å². The molecular weight excluding hydrogens is 354 g/mol. The first-order chi connectivity index (χ1) is 11.8. The molecule has 1 aromatic heterocycles. The average molecular weight is 363 g/mol. The third kappa shape index (κ3) is 3.34. The van der Waals surface area contributed by atoms with Crippen LogP contribution in [0.15, 0.2) is 57.9 Å². The van der Waals surface area contributed by atoms with Gasteiger partial charge in [0.05, 0.1) is 15.9 Å². The Kier molecular flexibility index (Phi) is 3.99. The number of nitro groups is 1. The van der Waals surface area contributed by atoms with Crippen LogP contribution in [0.4, 0.5) is 5.69 Å². The molecule has 2 aromatic carbocycles. The van der Waals surface area contributed by atoms with Gasteiger partial charge < -0.3 is 8.60 Å². The lowest BCUT2D eigenvalue weighted by Gasteiger charge is -2.06. The van der Waals surface area contributed by atoms with E-state index in [-0.39, 0.29) is 11.1 Å². The summed E-state index contributed by atoms with van der Waals surface area (Å²) >= 11 is 0. The highest BCUT2D eigenvalue weighted by atomic mass is 32.3. The van der Waals surface area contributed by atoms with Crippen molar-refractivity contribution in [3.63, 3.8) is 0 Å². The lowest BCUT2D eigenvalue weighted by Crippen LogP contribution is -2.09. The quantitative estimate of drug-likeness (QED) is 0.424. The molecule has 0 spiro atoms. The molecule has 0 aliphatic rings. The van der Waals surface area contributed by atoms with Gasteiger partial charge in [-0.1, -0.05) is 12.1 Å². The van der Waals surface area contributed by atoms with Crippen LogP contribution in [-0.2, 0) is 10.4 Å². The summed E-state index contributed by atoms with van der Waals surface area (Å²) in [5.74, 6) is -0.679. The Hall–Kier alpha value is -3.24. The number of benzene rings is 2. The maximum atomic E-state index is 12.5. The van der Waals surface area contributed by atoms with Gasteiger partial charge in [0.1, 0.15) is 11.8 Å². The number of nitro benzene ring substituents is 1. The molecule has 1 heterocycles. The average Bonchev–Trinajstić information content (AvgIpc) is 2.54. The molecule has 0 radical (unpaired) electrons. The number of hydrogen-bond acceptors (Lipinski definition) is 7. The zero-order valence-corrected chi connectivity index (χ0v) is 13.1. The number of para-hydroxylation sites is 1. The topological polar surface area (TPSA) is 137 Å². The smallest absolute Gasteiger partial charge is 0.446 e. The molecule has 0 atom stereocenters. The molecule has 9 nitrogen and oxygen atoms in total. The molecule has 128 valence electrons. The van der Waals surface area contributed by atoms with Gasteiger partial charge in [0, 0.05) is 6.07 Å². The zero-order chi connectivity index (χ0) is 18.2. The Balaban J connectivity index is 2.19. The Morgan fingerprint density at radius 2 is 1.88 bits per heavy atom. The summed E-state index contributed by atoms with van der Waals surface area (Å²) in [5.41, 5.74) is -0.589. The van der Waals surface area contributed by atoms with Crippen LogP contribution >= 0.6 is 0 Å². The van der Waals surface area contributed by atoms with E-state index in [0.29, 0.717) is 11.0 Å². The molecule has 0 aliphatic carbocycles. The maximum absolute atomic E-state index is 12.5. The van der Waals surface area contributed by atoms with Gasteiger partial charge in [-0.15, -0.1) is 0 Å². The number of nitrogens with zero attached hydrogens (tertiary/aromatic N) is 1. The van der Waals surface area contributed by atoms with Gasteiger partial charge in [0.15, 0.2) is 5.43 Å². The fourth-order valence-electron chi connectivity index (χ4n) is 2.29. The predicted molar refractivity (Wildman–Crippen MR) is 86.8 cm³/mol. The van der Waals surface area contributed by atoms with Crippen LogP contribution in [0, 0.1) is 10.1 Å². The summed E-state index contributed by atoms with van der Waals surface area (Å²) in [5, 5.41) is 11.4. The van der Waals surface area contributed by atoms with E-state index >= 15 is 0 Å². The molecule has 3 aromatic rings. The highest BCUT2D eigenvalue weighted by molar-refractivity contribution is 7.81. The Bertz CT molecular complexity index is 1150. The molecular formula is C15H9NO8S. The van der Waals surface area contributed by atoms with Gasteiger partial charge in [0.2, 0.25) is 5.75 Å². The largest absolute Gasteiger partial charge is 0.463 e. The molecule has 0 saturated carbocycles. The zero-order valence-electron chi connectivity index (χ0n) is 12.3. The van der Waals surface area contributed by atoms with Crippen molar-refractivity contribution >= 4 is 27.1 Å². The third-order valence-electron chi connectivity index (χ3n) is 3.34. The summed E-state index contributed by atoms with van der Waals surface area (Å²) in [6.07, 6.45) is 1.16. The standard InChI is InChI=1S/C15H9NO8S/c17-15-10-3-1-2-4-13(10)23-8-11(15)9-5-6-14(24-25(20,21)22)12(7-9)16(18)19/h1-8H,(H,20,21,22). The van der Waals surface area contributed by atoms with Gasteiger partial charge in [-0.25, -0.2) is 0 Å². The SMILES string of the molecule is O=c1c(-c2ccc(OS(=O)(=O)O)c([N+](=O)[O-])c2)coc2ccccc12. The van der Waals surface area contributed by atoms with Crippen LogP contribution in [0.25, 0.3) is 22.1 Å².